The van der Waals surface area contributed by atoms with Crippen molar-refractivity contribution in [3.8, 4) is 0 Å². The van der Waals surface area contributed by atoms with Gasteiger partial charge in [0.15, 0.2) is 15.8 Å². The zero-order valence-corrected chi connectivity index (χ0v) is 14.7. The van der Waals surface area contributed by atoms with Crippen molar-refractivity contribution in [2.45, 2.75) is 16.4 Å². The first kappa shape index (κ1) is 17.9. The largest absolute Gasteiger partial charge is 0.360 e. The number of benzene rings is 2. The molecule has 2 aromatic carbocycles. The van der Waals surface area contributed by atoms with Crippen molar-refractivity contribution < 1.29 is 21.6 Å². The van der Waals surface area contributed by atoms with E-state index < -0.39 is 25.6 Å². The highest BCUT2D eigenvalue weighted by Gasteiger charge is 2.23. The van der Waals surface area contributed by atoms with Gasteiger partial charge in [0.2, 0.25) is 9.84 Å². The Hall–Kier alpha value is -1.41. The summed E-state index contributed by atoms with van der Waals surface area (Å²) in [5.74, 6) is -0.634. The Morgan fingerprint density at radius 3 is 2.09 bits per heavy atom. The fraction of sp³-hybridized carbons (Fsp3) is 0.200. The molecule has 0 saturated heterocycles. The van der Waals surface area contributed by atoms with E-state index in [0.717, 1.165) is 6.26 Å². The van der Waals surface area contributed by atoms with Crippen LogP contribution in [0.25, 0.3) is 0 Å². The molecular formula is C15H15ClO5S2. The van der Waals surface area contributed by atoms with Gasteiger partial charge in [-0.2, -0.15) is 0 Å². The molecule has 0 aliphatic rings. The summed E-state index contributed by atoms with van der Waals surface area (Å²) < 4.78 is 53.4. The third-order valence-electron chi connectivity index (χ3n) is 3.04. The molecule has 0 N–H and O–H groups in total. The summed E-state index contributed by atoms with van der Waals surface area (Å²) in [5, 5.41) is 0.474. The van der Waals surface area contributed by atoms with E-state index in [1.165, 1.54) is 24.3 Å². The van der Waals surface area contributed by atoms with Crippen LogP contribution in [0.3, 0.4) is 0 Å². The topological polar surface area (TPSA) is 77.5 Å². The minimum absolute atomic E-state index is 0.0138. The van der Waals surface area contributed by atoms with E-state index in [-0.39, 0.29) is 16.4 Å². The predicted molar refractivity (Wildman–Crippen MR) is 87.8 cm³/mol. The quantitative estimate of drug-likeness (QED) is 0.776. The van der Waals surface area contributed by atoms with Crippen molar-refractivity contribution in [3.63, 3.8) is 0 Å². The maximum Gasteiger partial charge on any atom is 0.203 e. The van der Waals surface area contributed by atoms with E-state index in [1.807, 2.05) is 0 Å². The molecule has 8 heteroatoms. The summed E-state index contributed by atoms with van der Waals surface area (Å²) in [7, 11) is -7.56. The second-order valence-electron chi connectivity index (χ2n) is 4.89. The molecule has 0 fully saturated rings. The lowest BCUT2D eigenvalue weighted by Gasteiger charge is -2.10. The van der Waals surface area contributed by atoms with Crippen LogP contribution >= 0.6 is 11.6 Å². The van der Waals surface area contributed by atoms with Gasteiger partial charge in [-0.05, 0) is 23.8 Å². The van der Waals surface area contributed by atoms with Gasteiger partial charge in [0.25, 0.3) is 0 Å². The van der Waals surface area contributed by atoms with Crippen molar-refractivity contribution in [3.05, 3.63) is 59.1 Å². The molecule has 0 saturated carbocycles. The second kappa shape index (κ2) is 7.00. The van der Waals surface area contributed by atoms with Crippen LogP contribution in [0.4, 0.5) is 0 Å². The highest BCUT2D eigenvalue weighted by atomic mass is 35.5. The predicted octanol–water partition coefficient (Wildman–Crippen LogP) is 2.69. The summed E-state index contributed by atoms with van der Waals surface area (Å²) in [5.41, 5.74) is 0.653. The maximum atomic E-state index is 12.4. The summed E-state index contributed by atoms with van der Waals surface area (Å²) >= 11 is 5.97. The monoisotopic (exact) mass is 374 g/mol. The van der Waals surface area contributed by atoms with E-state index in [1.54, 1.807) is 24.3 Å². The lowest BCUT2D eigenvalue weighted by Crippen LogP contribution is -2.14. The van der Waals surface area contributed by atoms with Crippen molar-refractivity contribution in [1.29, 1.82) is 0 Å². The molecule has 2 aromatic rings. The molecule has 2 rings (SSSR count). The van der Waals surface area contributed by atoms with E-state index in [2.05, 4.69) is 0 Å². The number of hydrogen-bond acceptors (Lipinski definition) is 5. The van der Waals surface area contributed by atoms with Gasteiger partial charge in [-0.3, -0.25) is 0 Å². The van der Waals surface area contributed by atoms with Gasteiger partial charge in [-0.25, -0.2) is 16.8 Å². The van der Waals surface area contributed by atoms with Gasteiger partial charge in [-0.1, -0.05) is 41.9 Å². The molecule has 23 heavy (non-hydrogen) atoms. The normalized spacial score (nSPS) is 12.3. The van der Waals surface area contributed by atoms with Crippen LogP contribution in [0.2, 0.25) is 5.02 Å². The Morgan fingerprint density at radius 2 is 1.48 bits per heavy atom. The third-order valence-corrected chi connectivity index (χ3v) is 6.19. The highest BCUT2D eigenvalue weighted by molar-refractivity contribution is 7.94. The summed E-state index contributed by atoms with van der Waals surface area (Å²) in [4.78, 5) is -0.497. The van der Waals surface area contributed by atoms with Crippen molar-refractivity contribution in [2.24, 2.45) is 0 Å². The van der Waals surface area contributed by atoms with Crippen molar-refractivity contribution >= 4 is 31.3 Å². The Kier molecular flexibility index (Phi) is 5.46. The first-order valence-electron chi connectivity index (χ1n) is 6.55. The van der Waals surface area contributed by atoms with Crippen molar-refractivity contribution in [1.82, 2.24) is 0 Å². The molecule has 0 heterocycles. The molecule has 0 aromatic heterocycles. The van der Waals surface area contributed by atoms with E-state index >= 15 is 0 Å². The number of ether oxygens (including phenoxy) is 1. The van der Waals surface area contributed by atoms with Gasteiger partial charge in [0, 0.05) is 11.3 Å². The number of hydrogen-bond donors (Lipinski definition) is 0. The van der Waals surface area contributed by atoms with E-state index in [4.69, 9.17) is 16.3 Å². The summed E-state index contributed by atoms with van der Waals surface area (Å²) in [6.07, 6.45) is 0.964. The van der Waals surface area contributed by atoms with Crippen LogP contribution in [0.15, 0.2) is 58.3 Å². The number of sulfone groups is 2. The molecule has 0 bridgehead atoms. The molecule has 5 nitrogen and oxygen atoms in total. The van der Waals surface area contributed by atoms with Gasteiger partial charge < -0.3 is 4.74 Å². The van der Waals surface area contributed by atoms with Crippen LogP contribution in [0, 0.1) is 0 Å². The van der Waals surface area contributed by atoms with Crippen LogP contribution in [0.1, 0.15) is 5.56 Å². The standard InChI is InChI=1S/C15H15ClO5S2/c1-22(17,18)14-8-4-5-9-15(14)23(19,20)11-21-10-12-6-2-3-7-13(12)16/h2-9H,10-11H2,1H3. The van der Waals surface area contributed by atoms with E-state index in [9.17, 15) is 16.8 Å². The lowest BCUT2D eigenvalue weighted by molar-refractivity contribution is 0.163. The zero-order valence-electron chi connectivity index (χ0n) is 12.3. The van der Waals surface area contributed by atoms with Gasteiger partial charge >= 0.3 is 0 Å². The number of halogens is 1. The van der Waals surface area contributed by atoms with Crippen LogP contribution in [0.5, 0.6) is 0 Å². The van der Waals surface area contributed by atoms with Crippen LogP contribution in [-0.2, 0) is 31.0 Å². The molecule has 0 spiro atoms. The van der Waals surface area contributed by atoms with E-state index in [0.29, 0.717) is 10.6 Å². The minimum Gasteiger partial charge on any atom is -0.360 e. The smallest absolute Gasteiger partial charge is 0.203 e. The third kappa shape index (κ3) is 4.54. The van der Waals surface area contributed by atoms with Crippen LogP contribution in [-0.4, -0.2) is 29.0 Å². The Bertz CT molecular complexity index is 905. The Labute approximate surface area is 140 Å². The minimum atomic E-state index is -3.90. The van der Waals surface area contributed by atoms with Crippen molar-refractivity contribution in [2.75, 3.05) is 12.2 Å². The lowest BCUT2D eigenvalue weighted by atomic mass is 10.2. The molecular weight excluding hydrogens is 360 g/mol. The van der Waals surface area contributed by atoms with Crippen LogP contribution < -0.4 is 0 Å². The molecule has 0 atom stereocenters. The maximum absolute atomic E-state index is 12.4. The zero-order chi connectivity index (χ0) is 17.1. The summed E-state index contributed by atoms with van der Waals surface area (Å²) in [6, 6.07) is 12.4. The molecule has 0 radical (unpaired) electrons. The first-order chi connectivity index (χ1) is 10.7. The first-order valence-corrected chi connectivity index (χ1v) is 10.5. The SMILES string of the molecule is CS(=O)(=O)c1ccccc1S(=O)(=O)COCc1ccccc1Cl. The summed E-state index contributed by atoms with van der Waals surface area (Å²) in [6.45, 7) is 0.0138. The molecule has 124 valence electrons. The highest BCUT2D eigenvalue weighted by Crippen LogP contribution is 2.22. The number of rotatable bonds is 6. The fourth-order valence-corrected chi connectivity index (χ4v) is 4.83. The molecule has 0 unspecified atom stereocenters. The fourth-order valence-electron chi connectivity index (χ4n) is 1.95. The Balaban J connectivity index is 2.19. The molecule has 0 amide bonds. The average molecular weight is 375 g/mol. The molecule has 0 aliphatic carbocycles. The molecule has 0 aliphatic heterocycles. The van der Waals surface area contributed by atoms with Gasteiger partial charge in [0.1, 0.15) is 0 Å². The van der Waals surface area contributed by atoms with Gasteiger partial charge in [-0.15, -0.1) is 0 Å². The average Bonchev–Trinajstić information content (AvgIpc) is 2.48. The van der Waals surface area contributed by atoms with Gasteiger partial charge in [0.05, 0.1) is 16.4 Å². The second-order valence-corrected chi connectivity index (χ2v) is 9.19. The Morgan fingerprint density at radius 1 is 0.913 bits per heavy atom.